The van der Waals surface area contributed by atoms with E-state index in [9.17, 15) is 4.79 Å². The molecule has 4 aromatic carbocycles. The number of ether oxygens (including phenoxy) is 1. The minimum Gasteiger partial charge on any atom is -0.497 e. The van der Waals surface area contributed by atoms with Crippen LogP contribution in [-0.4, -0.2) is 38.3 Å². The van der Waals surface area contributed by atoms with Gasteiger partial charge < -0.3 is 25.3 Å². The molecule has 1 atom stereocenters. The number of aromatic amines is 1. The van der Waals surface area contributed by atoms with Crippen molar-refractivity contribution in [3.63, 3.8) is 0 Å². The molecule has 1 amide bonds. The SMILES string of the molecule is COc1ccc(Cn2c(CCc3c[nH]c4ccccc34)nnc2[C@@H](Cc2ccc3ccccc3c2)NC(=O)C(C)(C)N)cc1. The van der Waals surface area contributed by atoms with Crippen molar-refractivity contribution in [3.05, 3.63) is 126 Å². The van der Waals surface area contributed by atoms with Crippen molar-refractivity contribution in [2.75, 3.05) is 7.11 Å². The molecule has 0 aliphatic carbocycles. The summed E-state index contributed by atoms with van der Waals surface area (Å²) in [5, 5.41) is 16.2. The maximum absolute atomic E-state index is 13.3. The molecule has 0 fully saturated rings. The third-order valence-electron chi connectivity index (χ3n) is 8.10. The van der Waals surface area contributed by atoms with E-state index < -0.39 is 11.6 Å². The third kappa shape index (κ3) is 6.35. The van der Waals surface area contributed by atoms with E-state index >= 15 is 0 Å². The molecule has 224 valence electrons. The Morgan fingerprint density at radius 3 is 2.43 bits per heavy atom. The molecule has 0 bridgehead atoms. The first-order chi connectivity index (χ1) is 21.3. The molecule has 0 unspecified atom stereocenters. The highest BCUT2D eigenvalue weighted by molar-refractivity contribution is 5.86. The fourth-order valence-corrected chi connectivity index (χ4v) is 5.62. The summed E-state index contributed by atoms with van der Waals surface area (Å²) in [6.45, 7) is 3.97. The summed E-state index contributed by atoms with van der Waals surface area (Å²) in [5.74, 6) is 2.10. The third-order valence-corrected chi connectivity index (χ3v) is 8.10. The molecule has 0 aliphatic rings. The van der Waals surface area contributed by atoms with E-state index in [1.807, 2.05) is 42.5 Å². The Hall–Kier alpha value is -4.95. The zero-order valence-corrected chi connectivity index (χ0v) is 25.4. The van der Waals surface area contributed by atoms with E-state index in [0.717, 1.165) is 40.0 Å². The summed E-state index contributed by atoms with van der Waals surface area (Å²) in [5.41, 5.74) is 9.70. The second kappa shape index (κ2) is 12.3. The van der Waals surface area contributed by atoms with Gasteiger partial charge >= 0.3 is 0 Å². The van der Waals surface area contributed by atoms with Crippen molar-refractivity contribution in [2.45, 2.75) is 51.2 Å². The molecule has 0 saturated carbocycles. The number of nitrogens with zero attached hydrogens (tertiary/aromatic N) is 3. The number of nitrogens with one attached hydrogen (secondary N) is 2. The quantitative estimate of drug-likeness (QED) is 0.175. The number of carbonyl (C=O) groups is 1. The number of amides is 1. The number of rotatable bonds is 11. The highest BCUT2D eigenvalue weighted by Gasteiger charge is 2.29. The average Bonchev–Trinajstić information content (AvgIpc) is 3.63. The Kier molecular flexibility index (Phi) is 8.17. The Labute approximate surface area is 257 Å². The zero-order chi connectivity index (χ0) is 30.7. The molecule has 2 aromatic heterocycles. The van der Waals surface area contributed by atoms with Crippen molar-refractivity contribution in [1.82, 2.24) is 25.1 Å². The Morgan fingerprint density at radius 1 is 0.932 bits per heavy atom. The van der Waals surface area contributed by atoms with Gasteiger partial charge in [-0.25, -0.2) is 0 Å². The summed E-state index contributed by atoms with van der Waals surface area (Å²) in [4.78, 5) is 16.7. The van der Waals surface area contributed by atoms with Crippen LogP contribution in [0.5, 0.6) is 5.75 Å². The van der Waals surface area contributed by atoms with Crippen LogP contribution >= 0.6 is 0 Å². The number of methoxy groups -OCH3 is 1. The van der Waals surface area contributed by atoms with Gasteiger partial charge in [0.05, 0.1) is 25.2 Å². The fraction of sp³-hybridized carbons (Fsp3) is 0.250. The lowest BCUT2D eigenvalue weighted by atomic mass is 9.99. The molecular weight excluding hydrogens is 548 g/mol. The maximum Gasteiger partial charge on any atom is 0.240 e. The number of benzene rings is 4. The Morgan fingerprint density at radius 2 is 1.66 bits per heavy atom. The number of para-hydroxylation sites is 1. The predicted molar refractivity (Wildman–Crippen MR) is 175 cm³/mol. The second-order valence-corrected chi connectivity index (χ2v) is 11.9. The lowest BCUT2D eigenvalue weighted by Crippen LogP contribution is -2.50. The molecule has 8 heteroatoms. The Bertz CT molecular complexity index is 1900. The van der Waals surface area contributed by atoms with Crippen LogP contribution in [0.25, 0.3) is 21.7 Å². The molecule has 2 heterocycles. The van der Waals surface area contributed by atoms with Crippen LogP contribution in [0.3, 0.4) is 0 Å². The van der Waals surface area contributed by atoms with Crippen LogP contribution in [0.2, 0.25) is 0 Å². The molecule has 0 saturated heterocycles. The van der Waals surface area contributed by atoms with Crippen LogP contribution in [0.1, 0.15) is 48.2 Å². The standard InChI is InChI=1S/C36H38N6O2/c1-36(2,37)35(43)39-32(21-25-12-15-26-8-4-5-9-27(26)20-25)34-41-40-33(42(34)23-24-13-17-29(44-3)18-14-24)19-16-28-22-38-31-11-7-6-10-30(28)31/h4-15,17-18,20,22,32,38H,16,19,21,23,37H2,1-3H3,(H,39,43)/t32-/m1/s1. The number of aromatic nitrogens is 4. The summed E-state index contributed by atoms with van der Waals surface area (Å²) >= 11 is 0. The molecule has 8 nitrogen and oxygen atoms in total. The van der Waals surface area contributed by atoms with Gasteiger partial charge in [-0.05, 0) is 72.4 Å². The van der Waals surface area contributed by atoms with Crippen LogP contribution in [-0.2, 0) is 30.6 Å². The van der Waals surface area contributed by atoms with Gasteiger partial charge in [-0.3, -0.25) is 4.79 Å². The van der Waals surface area contributed by atoms with Crippen molar-refractivity contribution in [2.24, 2.45) is 5.73 Å². The molecule has 6 aromatic rings. The first kappa shape index (κ1) is 29.1. The van der Waals surface area contributed by atoms with E-state index in [2.05, 4.69) is 69.6 Å². The Balaban J connectivity index is 1.38. The summed E-state index contributed by atoms with van der Waals surface area (Å²) < 4.78 is 7.53. The van der Waals surface area contributed by atoms with Crippen molar-refractivity contribution >= 4 is 27.6 Å². The van der Waals surface area contributed by atoms with Gasteiger partial charge in [0.2, 0.25) is 5.91 Å². The lowest BCUT2D eigenvalue weighted by molar-refractivity contribution is -0.126. The van der Waals surface area contributed by atoms with Crippen molar-refractivity contribution in [3.8, 4) is 5.75 Å². The fourth-order valence-electron chi connectivity index (χ4n) is 5.62. The summed E-state index contributed by atoms with van der Waals surface area (Å²) in [7, 11) is 1.66. The van der Waals surface area contributed by atoms with Gasteiger partial charge in [0.1, 0.15) is 11.6 Å². The van der Waals surface area contributed by atoms with Crippen LogP contribution < -0.4 is 15.8 Å². The normalized spacial score (nSPS) is 12.5. The van der Waals surface area contributed by atoms with Gasteiger partial charge in [-0.15, -0.1) is 10.2 Å². The van der Waals surface area contributed by atoms with E-state index in [-0.39, 0.29) is 5.91 Å². The minimum atomic E-state index is -1.05. The second-order valence-electron chi connectivity index (χ2n) is 11.9. The number of fused-ring (bicyclic) bond motifs is 2. The highest BCUT2D eigenvalue weighted by atomic mass is 16.5. The molecule has 6 rings (SSSR count). The lowest BCUT2D eigenvalue weighted by Gasteiger charge is -2.25. The van der Waals surface area contributed by atoms with E-state index in [4.69, 9.17) is 20.7 Å². The van der Waals surface area contributed by atoms with Gasteiger partial charge in [-0.1, -0.05) is 72.8 Å². The number of H-pyrrole nitrogens is 1. The topological polar surface area (TPSA) is 111 Å². The van der Waals surface area contributed by atoms with Gasteiger partial charge in [0.25, 0.3) is 0 Å². The van der Waals surface area contributed by atoms with Crippen molar-refractivity contribution in [1.29, 1.82) is 0 Å². The van der Waals surface area contributed by atoms with Gasteiger partial charge in [-0.2, -0.15) is 0 Å². The largest absolute Gasteiger partial charge is 0.497 e. The molecular formula is C36H38N6O2. The monoisotopic (exact) mass is 586 g/mol. The van der Waals surface area contributed by atoms with Crippen LogP contribution in [0.15, 0.2) is 97.2 Å². The first-order valence-corrected chi connectivity index (χ1v) is 15.0. The smallest absolute Gasteiger partial charge is 0.240 e. The summed E-state index contributed by atoms with van der Waals surface area (Å²) in [6, 6.07) is 30.5. The number of hydrogen-bond donors (Lipinski definition) is 3. The number of nitrogens with two attached hydrogens (primary N) is 1. The van der Waals surface area contributed by atoms with Crippen LogP contribution in [0.4, 0.5) is 0 Å². The molecule has 44 heavy (non-hydrogen) atoms. The average molecular weight is 587 g/mol. The number of hydrogen-bond acceptors (Lipinski definition) is 5. The van der Waals surface area contributed by atoms with Gasteiger partial charge in [0, 0.05) is 23.5 Å². The molecule has 0 radical (unpaired) electrons. The highest BCUT2D eigenvalue weighted by Crippen LogP contribution is 2.25. The van der Waals surface area contributed by atoms with Crippen molar-refractivity contribution < 1.29 is 9.53 Å². The predicted octanol–water partition coefficient (Wildman–Crippen LogP) is 5.89. The molecule has 0 spiro atoms. The number of aryl methyl sites for hydroxylation is 2. The first-order valence-electron chi connectivity index (χ1n) is 15.0. The number of carbonyl (C=O) groups excluding carboxylic acids is 1. The van der Waals surface area contributed by atoms with E-state index in [1.54, 1.807) is 21.0 Å². The van der Waals surface area contributed by atoms with E-state index in [0.29, 0.717) is 25.2 Å². The maximum atomic E-state index is 13.3. The van der Waals surface area contributed by atoms with E-state index in [1.165, 1.54) is 16.3 Å². The minimum absolute atomic E-state index is 0.248. The summed E-state index contributed by atoms with van der Waals surface area (Å²) in [6.07, 6.45) is 4.09. The molecule has 0 aliphatic heterocycles. The van der Waals surface area contributed by atoms with Crippen LogP contribution in [0, 0.1) is 0 Å². The van der Waals surface area contributed by atoms with Gasteiger partial charge in [0.15, 0.2) is 5.82 Å². The zero-order valence-electron chi connectivity index (χ0n) is 25.4. The molecule has 4 N–H and O–H groups in total.